The van der Waals surface area contributed by atoms with Gasteiger partial charge in [-0.3, -0.25) is 4.68 Å². The molecule has 0 saturated carbocycles. The summed E-state index contributed by atoms with van der Waals surface area (Å²) < 4.78 is 3.93. The molecule has 0 aliphatic heterocycles. The zero-order valence-corrected chi connectivity index (χ0v) is 8.73. The van der Waals surface area contributed by atoms with Crippen LogP contribution in [0.2, 0.25) is 0 Å². The molecule has 0 amide bonds. The molecule has 74 valence electrons. The van der Waals surface area contributed by atoms with Crippen molar-refractivity contribution < 1.29 is 0 Å². The molecular weight excluding hydrogens is 176 g/mol. The lowest BCUT2D eigenvalue weighted by molar-refractivity contribution is 0.682. The second-order valence-corrected chi connectivity index (χ2v) is 3.54. The summed E-state index contributed by atoms with van der Waals surface area (Å²) in [5.41, 5.74) is 2.49. The molecule has 0 bridgehead atoms. The highest BCUT2D eigenvalue weighted by atomic mass is 15.3. The van der Waals surface area contributed by atoms with Gasteiger partial charge in [-0.25, -0.2) is 4.98 Å². The van der Waals surface area contributed by atoms with Gasteiger partial charge in [-0.05, 0) is 26.0 Å². The van der Waals surface area contributed by atoms with E-state index in [0.29, 0.717) is 0 Å². The number of aromatic nitrogens is 4. The van der Waals surface area contributed by atoms with Gasteiger partial charge in [0.25, 0.3) is 0 Å². The monoisotopic (exact) mass is 190 g/mol. The molecule has 0 N–H and O–H groups in total. The van der Waals surface area contributed by atoms with Gasteiger partial charge in [0.05, 0.1) is 6.54 Å². The number of rotatable bonds is 2. The van der Waals surface area contributed by atoms with Crippen molar-refractivity contribution in [2.24, 2.45) is 7.05 Å². The summed E-state index contributed by atoms with van der Waals surface area (Å²) in [6.45, 7) is 4.94. The van der Waals surface area contributed by atoms with E-state index in [0.717, 1.165) is 12.4 Å². The molecule has 0 saturated heterocycles. The maximum Gasteiger partial charge on any atom is 0.170 e. The summed E-state index contributed by atoms with van der Waals surface area (Å²) in [6, 6.07) is 4.22. The highest BCUT2D eigenvalue weighted by Gasteiger charge is 2.04. The molecule has 2 aromatic heterocycles. The van der Waals surface area contributed by atoms with Crippen LogP contribution in [-0.4, -0.2) is 19.3 Å². The van der Waals surface area contributed by atoms with Gasteiger partial charge in [-0.15, -0.1) is 0 Å². The molecule has 0 aromatic carbocycles. The summed E-state index contributed by atoms with van der Waals surface area (Å²) in [7, 11) is 1.88. The third-order valence-electron chi connectivity index (χ3n) is 2.36. The van der Waals surface area contributed by atoms with E-state index in [1.54, 1.807) is 11.0 Å². The number of aryl methyl sites for hydroxylation is 3. The molecule has 0 fully saturated rings. The Labute approximate surface area is 83.2 Å². The van der Waals surface area contributed by atoms with Gasteiger partial charge < -0.3 is 4.57 Å². The summed E-state index contributed by atoms with van der Waals surface area (Å²) in [6.07, 6.45) is 1.73. The van der Waals surface area contributed by atoms with Crippen LogP contribution in [0.1, 0.15) is 17.2 Å². The van der Waals surface area contributed by atoms with Gasteiger partial charge in [-0.2, -0.15) is 5.10 Å². The Balaban J connectivity index is 2.26. The molecule has 2 aromatic rings. The SMILES string of the molecule is Cc1ccc(C)n1Cc1ncn(C)n1. The fraction of sp³-hybridized carbons (Fsp3) is 0.400. The third-order valence-corrected chi connectivity index (χ3v) is 2.36. The summed E-state index contributed by atoms with van der Waals surface area (Å²) in [4.78, 5) is 4.20. The van der Waals surface area contributed by atoms with E-state index in [2.05, 4.69) is 40.6 Å². The van der Waals surface area contributed by atoms with E-state index >= 15 is 0 Å². The van der Waals surface area contributed by atoms with E-state index in [1.807, 2.05) is 7.05 Å². The van der Waals surface area contributed by atoms with Crippen LogP contribution in [0.25, 0.3) is 0 Å². The molecule has 4 heteroatoms. The minimum absolute atomic E-state index is 0.755. The Bertz CT molecular complexity index is 419. The fourth-order valence-electron chi connectivity index (χ4n) is 1.55. The molecule has 0 atom stereocenters. The van der Waals surface area contributed by atoms with Gasteiger partial charge in [-0.1, -0.05) is 0 Å². The van der Waals surface area contributed by atoms with Crippen molar-refractivity contribution in [1.82, 2.24) is 19.3 Å². The topological polar surface area (TPSA) is 35.6 Å². The molecule has 4 nitrogen and oxygen atoms in total. The molecule has 0 spiro atoms. The van der Waals surface area contributed by atoms with Crippen molar-refractivity contribution in [2.75, 3.05) is 0 Å². The first kappa shape index (κ1) is 8.99. The quantitative estimate of drug-likeness (QED) is 0.715. The summed E-state index contributed by atoms with van der Waals surface area (Å²) >= 11 is 0. The van der Waals surface area contributed by atoms with E-state index in [-0.39, 0.29) is 0 Å². The van der Waals surface area contributed by atoms with E-state index in [9.17, 15) is 0 Å². The lowest BCUT2D eigenvalue weighted by atomic mass is 10.5. The maximum absolute atomic E-state index is 4.25. The first-order valence-electron chi connectivity index (χ1n) is 4.64. The first-order valence-corrected chi connectivity index (χ1v) is 4.64. The van der Waals surface area contributed by atoms with Crippen LogP contribution in [0.3, 0.4) is 0 Å². The van der Waals surface area contributed by atoms with E-state index in [4.69, 9.17) is 0 Å². The molecule has 0 aliphatic rings. The van der Waals surface area contributed by atoms with Crippen molar-refractivity contribution in [3.63, 3.8) is 0 Å². The predicted octanol–water partition coefficient (Wildman–Crippen LogP) is 1.28. The van der Waals surface area contributed by atoms with Gasteiger partial charge >= 0.3 is 0 Å². The zero-order chi connectivity index (χ0) is 10.1. The lowest BCUT2D eigenvalue weighted by Gasteiger charge is -2.05. The van der Waals surface area contributed by atoms with Crippen molar-refractivity contribution in [3.8, 4) is 0 Å². The average molecular weight is 190 g/mol. The predicted molar refractivity (Wildman–Crippen MR) is 54.0 cm³/mol. The molecule has 2 rings (SSSR count). The molecular formula is C10H14N4. The second kappa shape index (κ2) is 3.29. The van der Waals surface area contributed by atoms with Gasteiger partial charge in [0.2, 0.25) is 0 Å². The van der Waals surface area contributed by atoms with Crippen LogP contribution in [0.4, 0.5) is 0 Å². The van der Waals surface area contributed by atoms with Gasteiger partial charge in [0.1, 0.15) is 6.33 Å². The van der Waals surface area contributed by atoms with Crippen LogP contribution < -0.4 is 0 Å². The van der Waals surface area contributed by atoms with E-state index in [1.165, 1.54) is 11.4 Å². The van der Waals surface area contributed by atoms with Gasteiger partial charge in [0.15, 0.2) is 5.82 Å². The lowest BCUT2D eigenvalue weighted by Crippen LogP contribution is -2.05. The number of hydrogen-bond acceptors (Lipinski definition) is 2. The minimum atomic E-state index is 0.755. The Kier molecular flexibility index (Phi) is 2.11. The third kappa shape index (κ3) is 1.55. The first-order chi connectivity index (χ1) is 6.66. The molecule has 0 unspecified atom stereocenters. The van der Waals surface area contributed by atoms with Crippen LogP contribution >= 0.6 is 0 Å². The summed E-state index contributed by atoms with van der Waals surface area (Å²) in [5.74, 6) is 0.856. The largest absolute Gasteiger partial charge is 0.342 e. The second-order valence-electron chi connectivity index (χ2n) is 3.54. The Morgan fingerprint density at radius 1 is 1.21 bits per heavy atom. The zero-order valence-electron chi connectivity index (χ0n) is 8.73. The highest BCUT2D eigenvalue weighted by molar-refractivity contribution is 5.14. The van der Waals surface area contributed by atoms with Crippen LogP contribution in [0.15, 0.2) is 18.5 Å². The summed E-state index contributed by atoms with van der Waals surface area (Å²) in [5, 5.41) is 4.25. The van der Waals surface area contributed by atoms with Crippen LogP contribution in [0.5, 0.6) is 0 Å². The molecule has 0 aliphatic carbocycles. The van der Waals surface area contributed by atoms with Crippen molar-refractivity contribution in [1.29, 1.82) is 0 Å². The Morgan fingerprint density at radius 2 is 1.86 bits per heavy atom. The Morgan fingerprint density at radius 3 is 2.36 bits per heavy atom. The average Bonchev–Trinajstić information content (AvgIpc) is 2.67. The fourth-order valence-corrected chi connectivity index (χ4v) is 1.55. The molecule has 2 heterocycles. The van der Waals surface area contributed by atoms with E-state index < -0.39 is 0 Å². The molecule has 14 heavy (non-hydrogen) atoms. The minimum Gasteiger partial charge on any atom is -0.342 e. The standard InChI is InChI=1S/C10H14N4/c1-8-4-5-9(2)14(8)6-10-11-7-13(3)12-10/h4-5,7H,6H2,1-3H3. The van der Waals surface area contributed by atoms with Crippen molar-refractivity contribution in [3.05, 3.63) is 35.7 Å². The van der Waals surface area contributed by atoms with Crippen LogP contribution in [0, 0.1) is 13.8 Å². The number of nitrogens with zero attached hydrogens (tertiary/aromatic N) is 4. The van der Waals surface area contributed by atoms with Crippen molar-refractivity contribution in [2.45, 2.75) is 20.4 Å². The van der Waals surface area contributed by atoms with Crippen LogP contribution in [-0.2, 0) is 13.6 Å². The van der Waals surface area contributed by atoms with Crippen molar-refractivity contribution >= 4 is 0 Å². The Hall–Kier alpha value is -1.58. The smallest absolute Gasteiger partial charge is 0.170 e. The number of hydrogen-bond donors (Lipinski definition) is 0. The maximum atomic E-state index is 4.25. The molecule has 0 radical (unpaired) electrons. The van der Waals surface area contributed by atoms with Gasteiger partial charge in [0, 0.05) is 18.4 Å². The highest BCUT2D eigenvalue weighted by Crippen LogP contribution is 2.08. The normalized spacial score (nSPS) is 10.8.